The molecule has 1 saturated carbocycles. The molecular formula is C16H24N2S. The Bertz CT molecular complexity index is 389. The Morgan fingerprint density at radius 2 is 1.68 bits per heavy atom. The van der Waals surface area contributed by atoms with Crippen molar-refractivity contribution >= 4 is 18.3 Å². The Hall–Kier alpha value is -0.670. The van der Waals surface area contributed by atoms with Crippen LogP contribution in [0.2, 0.25) is 0 Å². The average Bonchev–Trinajstić information content (AvgIpc) is 2.45. The molecule has 104 valence electrons. The van der Waals surface area contributed by atoms with Crippen LogP contribution < -0.4 is 4.90 Å². The zero-order chi connectivity index (χ0) is 13.1. The summed E-state index contributed by atoms with van der Waals surface area (Å²) >= 11 is 4.57. The van der Waals surface area contributed by atoms with Gasteiger partial charge in [0.2, 0.25) is 0 Å². The summed E-state index contributed by atoms with van der Waals surface area (Å²) in [7, 11) is 0. The molecule has 0 amide bonds. The minimum Gasteiger partial charge on any atom is -0.369 e. The molecular weight excluding hydrogens is 252 g/mol. The van der Waals surface area contributed by atoms with Gasteiger partial charge in [-0.05, 0) is 36.1 Å². The van der Waals surface area contributed by atoms with Gasteiger partial charge >= 0.3 is 0 Å². The predicted octanol–water partition coefficient (Wildman–Crippen LogP) is 2.91. The van der Waals surface area contributed by atoms with Gasteiger partial charge in [-0.1, -0.05) is 24.6 Å². The van der Waals surface area contributed by atoms with Gasteiger partial charge in [0.25, 0.3) is 0 Å². The molecule has 0 radical (unpaired) electrons. The molecule has 1 aliphatic heterocycles. The fourth-order valence-electron chi connectivity index (χ4n) is 3.32. The molecule has 1 heterocycles. The fraction of sp³-hybridized carbons (Fsp3) is 0.625. The van der Waals surface area contributed by atoms with Gasteiger partial charge in [0.05, 0.1) is 0 Å². The molecule has 1 aliphatic carbocycles. The predicted molar refractivity (Wildman–Crippen MR) is 85.2 cm³/mol. The molecule has 2 aliphatic rings. The van der Waals surface area contributed by atoms with Crippen LogP contribution in [0.15, 0.2) is 30.3 Å². The Morgan fingerprint density at radius 3 is 2.21 bits per heavy atom. The van der Waals surface area contributed by atoms with E-state index in [9.17, 15) is 0 Å². The van der Waals surface area contributed by atoms with Gasteiger partial charge < -0.3 is 4.90 Å². The summed E-state index contributed by atoms with van der Waals surface area (Å²) in [6, 6.07) is 10.8. The van der Waals surface area contributed by atoms with Gasteiger partial charge in [0.1, 0.15) is 0 Å². The van der Waals surface area contributed by atoms with Crippen molar-refractivity contribution in [3.63, 3.8) is 0 Å². The largest absolute Gasteiger partial charge is 0.369 e. The molecule has 1 aromatic rings. The molecule has 0 N–H and O–H groups in total. The Labute approximate surface area is 122 Å². The molecule has 2 fully saturated rings. The highest BCUT2D eigenvalue weighted by Gasteiger charge is 2.37. The van der Waals surface area contributed by atoms with E-state index in [0.717, 1.165) is 18.8 Å². The van der Waals surface area contributed by atoms with Gasteiger partial charge in [-0.2, -0.15) is 12.6 Å². The van der Waals surface area contributed by atoms with E-state index in [2.05, 4.69) is 52.8 Å². The van der Waals surface area contributed by atoms with E-state index in [1.165, 1.54) is 44.6 Å². The van der Waals surface area contributed by atoms with Crippen molar-refractivity contribution in [2.45, 2.75) is 19.3 Å². The van der Waals surface area contributed by atoms with Gasteiger partial charge in [-0.25, -0.2) is 0 Å². The van der Waals surface area contributed by atoms with E-state index in [-0.39, 0.29) is 0 Å². The molecule has 3 heteroatoms. The van der Waals surface area contributed by atoms with E-state index >= 15 is 0 Å². The van der Waals surface area contributed by atoms with Crippen LogP contribution in [0.5, 0.6) is 0 Å². The van der Waals surface area contributed by atoms with Crippen LogP contribution in [0.1, 0.15) is 19.3 Å². The van der Waals surface area contributed by atoms with Gasteiger partial charge in [-0.15, -0.1) is 0 Å². The average molecular weight is 276 g/mol. The van der Waals surface area contributed by atoms with Crippen LogP contribution in [0, 0.1) is 5.41 Å². The maximum atomic E-state index is 4.57. The zero-order valence-electron chi connectivity index (χ0n) is 11.6. The molecule has 0 atom stereocenters. The van der Waals surface area contributed by atoms with Crippen molar-refractivity contribution in [1.82, 2.24) is 4.90 Å². The van der Waals surface area contributed by atoms with Crippen molar-refractivity contribution in [1.29, 1.82) is 0 Å². The van der Waals surface area contributed by atoms with Crippen LogP contribution in [0.3, 0.4) is 0 Å². The summed E-state index contributed by atoms with van der Waals surface area (Å²) in [5.41, 5.74) is 1.91. The topological polar surface area (TPSA) is 6.48 Å². The third-order valence-corrected chi connectivity index (χ3v) is 5.47. The Morgan fingerprint density at radius 1 is 1.00 bits per heavy atom. The Kier molecular flexibility index (Phi) is 4.04. The molecule has 0 spiro atoms. The lowest BCUT2D eigenvalue weighted by molar-refractivity contribution is 0.0869. The summed E-state index contributed by atoms with van der Waals surface area (Å²) in [6.45, 7) is 5.98. The smallest absolute Gasteiger partial charge is 0.0367 e. The van der Waals surface area contributed by atoms with Gasteiger partial charge in [0, 0.05) is 38.4 Å². The van der Waals surface area contributed by atoms with E-state index in [4.69, 9.17) is 0 Å². The molecule has 3 rings (SSSR count). The summed E-state index contributed by atoms with van der Waals surface area (Å²) in [4.78, 5) is 5.15. The first-order chi connectivity index (χ1) is 9.31. The van der Waals surface area contributed by atoms with Crippen LogP contribution in [0.4, 0.5) is 5.69 Å². The second-order valence-electron chi connectivity index (χ2n) is 6.11. The van der Waals surface area contributed by atoms with Crippen molar-refractivity contribution in [2.75, 3.05) is 43.4 Å². The SMILES string of the molecule is SCC1(CN2CCN(c3ccccc3)CC2)CCC1. The van der Waals surface area contributed by atoms with Crippen molar-refractivity contribution < 1.29 is 0 Å². The maximum Gasteiger partial charge on any atom is 0.0367 e. The van der Waals surface area contributed by atoms with Gasteiger partial charge in [-0.3, -0.25) is 4.90 Å². The third-order valence-electron chi connectivity index (χ3n) is 4.80. The number of thiol groups is 1. The van der Waals surface area contributed by atoms with Crippen LogP contribution in [0.25, 0.3) is 0 Å². The highest BCUT2D eigenvalue weighted by Crippen LogP contribution is 2.42. The zero-order valence-corrected chi connectivity index (χ0v) is 12.5. The monoisotopic (exact) mass is 276 g/mol. The maximum absolute atomic E-state index is 4.57. The number of hydrogen-bond donors (Lipinski definition) is 1. The number of nitrogens with zero attached hydrogens (tertiary/aromatic N) is 2. The standard InChI is InChI=1S/C16H24N2S/c19-14-16(7-4-8-16)13-17-9-11-18(12-10-17)15-5-2-1-3-6-15/h1-3,5-6,19H,4,7-14H2. The quantitative estimate of drug-likeness (QED) is 0.845. The van der Waals surface area contributed by atoms with Crippen LogP contribution >= 0.6 is 12.6 Å². The molecule has 0 aromatic heterocycles. The summed E-state index contributed by atoms with van der Waals surface area (Å²) in [6.07, 6.45) is 4.18. The number of rotatable bonds is 4. The number of anilines is 1. The molecule has 1 aromatic carbocycles. The highest BCUT2D eigenvalue weighted by molar-refractivity contribution is 7.80. The van der Waals surface area contributed by atoms with Crippen molar-refractivity contribution in [2.24, 2.45) is 5.41 Å². The van der Waals surface area contributed by atoms with E-state index in [1.54, 1.807) is 0 Å². The van der Waals surface area contributed by atoms with E-state index in [0.29, 0.717) is 5.41 Å². The molecule has 19 heavy (non-hydrogen) atoms. The lowest BCUT2D eigenvalue weighted by Gasteiger charge is -2.46. The molecule has 0 bridgehead atoms. The minimum atomic E-state index is 0.540. The minimum absolute atomic E-state index is 0.540. The number of para-hydroxylation sites is 1. The number of piperazine rings is 1. The fourth-order valence-corrected chi connectivity index (χ4v) is 3.74. The van der Waals surface area contributed by atoms with Crippen molar-refractivity contribution in [3.8, 4) is 0 Å². The van der Waals surface area contributed by atoms with Crippen molar-refractivity contribution in [3.05, 3.63) is 30.3 Å². The van der Waals surface area contributed by atoms with E-state index < -0.39 is 0 Å². The third kappa shape index (κ3) is 2.92. The first-order valence-electron chi connectivity index (χ1n) is 7.45. The van der Waals surface area contributed by atoms with Crippen LogP contribution in [-0.2, 0) is 0 Å². The van der Waals surface area contributed by atoms with E-state index in [1.807, 2.05) is 0 Å². The van der Waals surface area contributed by atoms with Gasteiger partial charge in [0.15, 0.2) is 0 Å². The number of benzene rings is 1. The molecule has 2 nitrogen and oxygen atoms in total. The lowest BCUT2D eigenvalue weighted by atomic mass is 9.70. The summed E-state index contributed by atoms with van der Waals surface area (Å²) < 4.78 is 0. The normalized spacial score (nSPS) is 23.1. The molecule has 1 saturated heterocycles. The highest BCUT2D eigenvalue weighted by atomic mass is 32.1. The first kappa shape index (κ1) is 13.3. The lowest BCUT2D eigenvalue weighted by Crippen LogP contribution is -2.52. The molecule has 0 unspecified atom stereocenters. The second kappa shape index (κ2) is 5.76. The first-order valence-corrected chi connectivity index (χ1v) is 8.08. The summed E-state index contributed by atoms with van der Waals surface area (Å²) in [5.74, 6) is 1.06. The number of hydrogen-bond acceptors (Lipinski definition) is 3. The summed E-state index contributed by atoms with van der Waals surface area (Å²) in [5, 5.41) is 0. The second-order valence-corrected chi connectivity index (χ2v) is 6.43. The Balaban J connectivity index is 1.52. The van der Waals surface area contributed by atoms with Crippen LogP contribution in [-0.4, -0.2) is 43.4 Å².